The quantitative estimate of drug-likeness (QED) is 0.785. The van der Waals surface area contributed by atoms with Gasteiger partial charge in [-0.1, -0.05) is 12.1 Å². The van der Waals surface area contributed by atoms with Gasteiger partial charge in [-0.3, -0.25) is 0 Å². The maximum Gasteiger partial charge on any atom is 0.134 e. The largest absolute Gasteiger partial charge is 0.459 e. The third kappa shape index (κ3) is 1.42. The van der Waals surface area contributed by atoms with Gasteiger partial charge in [0.05, 0.1) is 6.04 Å². The summed E-state index contributed by atoms with van der Waals surface area (Å²) in [6, 6.07) is 8.52. The Labute approximate surface area is 83.9 Å². The smallest absolute Gasteiger partial charge is 0.134 e. The molecule has 0 bridgehead atoms. The van der Waals surface area contributed by atoms with E-state index < -0.39 is 0 Å². The van der Waals surface area contributed by atoms with Gasteiger partial charge in [-0.15, -0.1) is 0 Å². The molecule has 0 spiro atoms. The van der Waals surface area contributed by atoms with Crippen LogP contribution in [0.25, 0.3) is 11.0 Å². The van der Waals surface area contributed by atoms with Crippen LogP contribution < -0.4 is 5.32 Å². The van der Waals surface area contributed by atoms with E-state index in [0.717, 1.165) is 11.3 Å². The van der Waals surface area contributed by atoms with E-state index in [0.29, 0.717) is 0 Å². The second-order valence-electron chi connectivity index (χ2n) is 3.65. The van der Waals surface area contributed by atoms with Gasteiger partial charge in [0.1, 0.15) is 11.3 Å². The molecule has 2 heteroatoms. The molecule has 0 amide bonds. The van der Waals surface area contributed by atoms with Crippen LogP contribution in [0.3, 0.4) is 0 Å². The third-order valence-electron chi connectivity index (χ3n) is 2.66. The Hall–Kier alpha value is -1.28. The van der Waals surface area contributed by atoms with Crippen LogP contribution >= 0.6 is 0 Å². The number of hydrogen-bond acceptors (Lipinski definition) is 2. The average Bonchev–Trinajstić information content (AvgIpc) is 2.62. The minimum absolute atomic E-state index is 0.266. The van der Waals surface area contributed by atoms with Gasteiger partial charge in [0, 0.05) is 5.39 Å². The van der Waals surface area contributed by atoms with E-state index in [1.54, 1.807) is 0 Å². The maximum atomic E-state index is 5.74. The number of nitrogens with one attached hydrogen (secondary N) is 1. The predicted molar refractivity (Wildman–Crippen MR) is 58.4 cm³/mol. The van der Waals surface area contributed by atoms with Crippen molar-refractivity contribution >= 4 is 11.0 Å². The van der Waals surface area contributed by atoms with Crippen LogP contribution in [-0.4, -0.2) is 7.05 Å². The molecule has 0 aliphatic heterocycles. The molecular weight excluding hydrogens is 174 g/mol. The van der Waals surface area contributed by atoms with Gasteiger partial charge in [-0.05, 0) is 38.6 Å². The van der Waals surface area contributed by atoms with Crippen LogP contribution in [0.4, 0.5) is 0 Å². The van der Waals surface area contributed by atoms with Crippen molar-refractivity contribution in [3.63, 3.8) is 0 Å². The summed E-state index contributed by atoms with van der Waals surface area (Å²) >= 11 is 0. The SMILES string of the molecule is CNC(C)c1cc2c(C)cccc2o1. The van der Waals surface area contributed by atoms with Crippen molar-refractivity contribution in [3.8, 4) is 0 Å². The first kappa shape index (κ1) is 9.28. The van der Waals surface area contributed by atoms with Gasteiger partial charge < -0.3 is 9.73 Å². The maximum absolute atomic E-state index is 5.74. The summed E-state index contributed by atoms with van der Waals surface area (Å²) in [7, 11) is 1.94. The second-order valence-corrected chi connectivity index (χ2v) is 3.65. The summed E-state index contributed by atoms with van der Waals surface area (Å²) in [5.74, 6) is 0.997. The van der Waals surface area contributed by atoms with Crippen molar-refractivity contribution in [2.24, 2.45) is 0 Å². The molecule has 1 unspecified atom stereocenters. The standard InChI is InChI=1S/C12H15NO/c1-8-5-4-6-11-10(8)7-12(14-11)9(2)13-3/h4-7,9,13H,1-3H3. The van der Waals surface area contributed by atoms with E-state index in [2.05, 4.69) is 31.3 Å². The molecule has 0 saturated heterocycles. The molecule has 0 aliphatic carbocycles. The summed E-state index contributed by atoms with van der Waals surface area (Å²) in [6.45, 7) is 4.19. The normalized spacial score (nSPS) is 13.4. The van der Waals surface area contributed by atoms with E-state index in [1.807, 2.05) is 19.2 Å². The molecule has 14 heavy (non-hydrogen) atoms. The van der Waals surface area contributed by atoms with Gasteiger partial charge in [-0.2, -0.15) is 0 Å². The Morgan fingerprint density at radius 3 is 2.79 bits per heavy atom. The highest BCUT2D eigenvalue weighted by atomic mass is 16.3. The zero-order chi connectivity index (χ0) is 10.1. The Morgan fingerprint density at radius 1 is 1.36 bits per heavy atom. The first-order valence-corrected chi connectivity index (χ1v) is 4.88. The lowest BCUT2D eigenvalue weighted by Crippen LogP contribution is -2.10. The zero-order valence-electron chi connectivity index (χ0n) is 8.79. The number of aryl methyl sites for hydroxylation is 1. The molecule has 2 rings (SSSR count). The molecule has 0 fully saturated rings. The van der Waals surface area contributed by atoms with Crippen LogP contribution in [0.5, 0.6) is 0 Å². The minimum Gasteiger partial charge on any atom is -0.459 e. The van der Waals surface area contributed by atoms with Crippen LogP contribution in [-0.2, 0) is 0 Å². The van der Waals surface area contributed by atoms with Gasteiger partial charge in [-0.25, -0.2) is 0 Å². The van der Waals surface area contributed by atoms with Crippen LogP contribution in [0.15, 0.2) is 28.7 Å². The van der Waals surface area contributed by atoms with Crippen molar-refractivity contribution < 1.29 is 4.42 Å². The Balaban J connectivity index is 2.56. The lowest BCUT2D eigenvalue weighted by molar-refractivity contribution is 0.475. The Kier molecular flexibility index (Phi) is 2.30. The fourth-order valence-corrected chi connectivity index (χ4v) is 1.58. The van der Waals surface area contributed by atoms with E-state index in [1.165, 1.54) is 10.9 Å². The topological polar surface area (TPSA) is 25.2 Å². The van der Waals surface area contributed by atoms with Crippen molar-refractivity contribution in [1.29, 1.82) is 0 Å². The minimum atomic E-state index is 0.266. The van der Waals surface area contributed by atoms with Crippen molar-refractivity contribution in [2.45, 2.75) is 19.9 Å². The fraction of sp³-hybridized carbons (Fsp3) is 0.333. The van der Waals surface area contributed by atoms with Gasteiger partial charge in [0.15, 0.2) is 0 Å². The van der Waals surface area contributed by atoms with Gasteiger partial charge in [0.2, 0.25) is 0 Å². The highest BCUT2D eigenvalue weighted by molar-refractivity contribution is 5.81. The summed E-state index contributed by atoms with van der Waals surface area (Å²) in [5.41, 5.74) is 2.24. The molecule has 2 nitrogen and oxygen atoms in total. The summed E-state index contributed by atoms with van der Waals surface area (Å²) in [5, 5.41) is 4.38. The lowest BCUT2D eigenvalue weighted by atomic mass is 10.1. The fourth-order valence-electron chi connectivity index (χ4n) is 1.58. The van der Waals surface area contributed by atoms with Crippen LogP contribution in [0, 0.1) is 6.92 Å². The molecule has 0 radical (unpaired) electrons. The number of benzene rings is 1. The summed E-state index contributed by atoms with van der Waals surface area (Å²) in [6.07, 6.45) is 0. The lowest BCUT2D eigenvalue weighted by Gasteiger charge is -2.04. The molecule has 1 N–H and O–H groups in total. The van der Waals surface area contributed by atoms with E-state index in [-0.39, 0.29) is 6.04 Å². The molecular formula is C12H15NO. The molecule has 2 aromatic rings. The summed E-state index contributed by atoms with van der Waals surface area (Å²) < 4.78 is 5.74. The van der Waals surface area contributed by atoms with Crippen molar-refractivity contribution in [2.75, 3.05) is 7.05 Å². The van der Waals surface area contributed by atoms with Crippen LogP contribution in [0.2, 0.25) is 0 Å². The number of hydrogen-bond donors (Lipinski definition) is 1. The Morgan fingerprint density at radius 2 is 2.14 bits per heavy atom. The second kappa shape index (κ2) is 3.46. The van der Waals surface area contributed by atoms with Gasteiger partial charge >= 0.3 is 0 Å². The monoisotopic (exact) mass is 189 g/mol. The highest BCUT2D eigenvalue weighted by Crippen LogP contribution is 2.25. The van der Waals surface area contributed by atoms with Gasteiger partial charge in [0.25, 0.3) is 0 Å². The Bertz CT molecular complexity index is 445. The highest BCUT2D eigenvalue weighted by Gasteiger charge is 2.09. The average molecular weight is 189 g/mol. The summed E-state index contributed by atoms with van der Waals surface area (Å²) in [4.78, 5) is 0. The van der Waals surface area contributed by atoms with E-state index in [9.17, 15) is 0 Å². The first-order valence-electron chi connectivity index (χ1n) is 4.88. The molecule has 1 heterocycles. The first-order chi connectivity index (χ1) is 6.72. The van der Waals surface area contributed by atoms with Crippen LogP contribution in [0.1, 0.15) is 24.3 Å². The van der Waals surface area contributed by atoms with Crippen molar-refractivity contribution in [1.82, 2.24) is 5.32 Å². The molecule has 1 atom stereocenters. The molecule has 74 valence electrons. The van der Waals surface area contributed by atoms with Crippen molar-refractivity contribution in [3.05, 3.63) is 35.6 Å². The third-order valence-corrected chi connectivity index (χ3v) is 2.66. The predicted octanol–water partition coefficient (Wildman–Crippen LogP) is 3.02. The van der Waals surface area contributed by atoms with E-state index in [4.69, 9.17) is 4.42 Å². The molecule has 1 aromatic carbocycles. The molecule has 0 saturated carbocycles. The number of rotatable bonds is 2. The zero-order valence-corrected chi connectivity index (χ0v) is 8.79. The molecule has 1 aromatic heterocycles. The number of furan rings is 1. The molecule has 0 aliphatic rings. The van der Waals surface area contributed by atoms with E-state index >= 15 is 0 Å². The number of fused-ring (bicyclic) bond motifs is 1.